The van der Waals surface area contributed by atoms with Crippen LogP contribution < -0.4 is 4.74 Å². The fraction of sp³-hybridized carbons (Fsp3) is 0. The molecule has 25 heavy (non-hydrogen) atoms. The molecule has 6 nitrogen and oxygen atoms in total. The molecular weight excluding hydrogens is 487 g/mol. The van der Waals surface area contributed by atoms with Crippen LogP contribution >= 0.6 is 22.6 Å². The first-order valence-electron chi connectivity index (χ1n) is 5.99. The SMILES string of the molecule is O=C(Oc1c(F)c(F)c(S(=O)(=O)O)c(F)c1F)c1ccc(I)c(O)c1. The molecule has 0 heterocycles. The molecule has 2 aromatic rings. The van der Waals surface area contributed by atoms with E-state index < -0.39 is 55.6 Å². The van der Waals surface area contributed by atoms with Crippen LogP contribution in [-0.4, -0.2) is 24.0 Å². The summed E-state index contributed by atoms with van der Waals surface area (Å²) in [5, 5.41) is 9.46. The fourth-order valence-electron chi connectivity index (χ4n) is 1.70. The Kier molecular flexibility index (Phi) is 5.24. The number of ether oxygens (including phenoxy) is 1. The van der Waals surface area contributed by atoms with Gasteiger partial charge < -0.3 is 9.84 Å². The maximum absolute atomic E-state index is 13.8. The Hall–Kier alpha value is -1.93. The quantitative estimate of drug-likeness (QED) is 0.171. The van der Waals surface area contributed by atoms with Gasteiger partial charge >= 0.3 is 16.1 Å². The summed E-state index contributed by atoms with van der Waals surface area (Å²) in [6.45, 7) is 0. The molecule has 0 aliphatic rings. The Bertz CT molecular complexity index is 963. The molecule has 0 bridgehead atoms. The predicted molar refractivity (Wildman–Crippen MR) is 81.9 cm³/mol. The average Bonchev–Trinajstić information content (AvgIpc) is 2.51. The van der Waals surface area contributed by atoms with Gasteiger partial charge in [-0.3, -0.25) is 4.55 Å². The van der Waals surface area contributed by atoms with Gasteiger partial charge in [0.2, 0.25) is 17.4 Å². The monoisotopic (exact) mass is 492 g/mol. The predicted octanol–water partition coefficient (Wildman–Crippen LogP) is 3.02. The topological polar surface area (TPSA) is 101 Å². The van der Waals surface area contributed by atoms with E-state index in [1.54, 1.807) is 22.6 Å². The first kappa shape index (κ1) is 19.4. The van der Waals surface area contributed by atoms with Crippen molar-refractivity contribution in [2.45, 2.75) is 4.90 Å². The summed E-state index contributed by atoms with van der Waals surface area (Å²) >= 11 is 1.72. The zero-order valence-electron chi connectivity index (χ0n) is 11.6. The second-order valence-corrected chi connectivity index (χ2v) is 6.97. The molecule has 0 saturated heterocycles. The number of esters is 1. The summed E-state index contributed by atoms with van der Waals surface area (Å²) < 4.78 is 89.6. The number of phenolic OH excluding ortho intramolecular Hbond substituents is 1. The minimum absolute atomic E-state index is 0.334. The van der Waals surface area contributed by atoms with E-state index in [4.69, 9.17) is 4.55 Å². The van der Waals surface area contributed by atoms with Crippen LogP contribution in [0.3, 0.4) is 0 Å². The third-order valence-electron chi connectivity index (χ3n) is 2.82. The molecule has 0 aromatic heterocycles. The Morgan fingerprint density at radius 2 is 1.56 bits per heavy atom. The van der Waals surface area contributed by atoms with Crippen molar-refractivity contribution in [3.05, 3.63) is 50.6 Å². The third-order valence-corrected chi connectivity index (χ3v) is 4.60. The zero-order valence-corrected chi connectivity index (χ0v) is 14.5. The van der Waals surface area contributed by atoms with E-state index in [0.717, 1.165) is 12.1 Å². The molecule has 0 saturated carbocycles. The second-order valence-electron chi connectivity index (χ2n) is 4.44. The fourth-order valence-corrected chi connectivity index (χ4v) is 2.67. The van der Waals surface area contributed by atoms with Gasteiger partial charge in [0.25, 0.3) is 0 Å². The van der Waals surface area contributed by atoms with Crippen molar-refractivity contribution in [1.29, 1.82) is 0 Å². The van der Waals surface area contributed by atoms with E-state index in [1.165, 1.54) is 6.07 Å². The third kappa shape index (κ3) is 3.69. The van der Waals surface area contributed by atoms with Crippen molar-refractivity contribution < 1.29 is 45.2 Å². The highest BCUT2D eigenvalue weighted by atomic mass is 127. The molecule has 0 unspecified atom stereocenters. The van der Waals surface area contributed by atoms with Crippen LogP contribution in [0.5, 0.6) is 11.5 Å². The Labute approximate surface area is 150 Å². The lowest BCUT2D eigenvalue weighted by Gasteiger charge is -2.11. The van der Waals surface area contributed by atoms with E-state index in [9.17, 15) is 35.9 Å². The molecule has 0 fully saturated rings. The van der Waals surface area contributed by atoms with Crippen LogP contribution in [0.4, 0.5) is 17.6 Å². The number of aromatic hydroxyl groups is 1. The summed E-state index contributed by atoms with van der Waals surface area (Å²) in [4.78, 5) is 9.55. The Morgan fingerprint density at radius 3 is 2.00 bits per heavy atom. The number of halogens is 5. The standard InChI is InChI=1S/C13H5F4IO6S/c14-7-9(16)12(25(21,22)23)10(17)8(15)11(7)24-13(20)4-1-2-5(18)6(19)3-4/h1-3,19H,(H,21,22,23). The lowest BCUT2D eigenvalue weighted by atomic mass is 10.2. The number of hydrogen-bond donors (Lipinski definition) is 2. The highest BCUT2D eigenvalue weighted by Gasteiger charge is 2.34. The normalized spacial score (nSPS) is 11.4. The first-order valence-corrected chi connectivity index (χ1v) is 8.51. The lowest BCUT2D eigenvalue weighted by Crippen LogP contribution is -2.16. The Balaban J connectivity index is 2.54. The summed E-state index contributed by atoms with van der Waals surface area (Å²) in [6.07, 6.45) is 0. The largest absolute Gasteiger partial charge is 0.507 e. The summed E-state index contributed by atoms with van der Waals surface area (Å²) in [5.74, 6) is -13.3. The summed E-state index contributed by atoms with van der Waals surface area (Å²) in [5.41, 5.74) is -0.406. The number of phenols is 1. The minimum Gasteiger partial charge on any atom is -0.507 e. The first-order chi connectivity index (χ1) is 11.4. The number of benzene rings is 2. The maximum Gasteiger partial charge on any atom is 0.343 e. The van der Waals surface area contributed by atoms with E-state index in [0.29, 0.717) is 3.57 Å². The van der Waals surface area contributed by atoms with Gasteiger partial charge in [0, 0.05) is 0 Å². The highest BCUT2D eigenvalue weighted by molar-refractivity contribution is 14.1. The van der Waals surface area contributed by atoms with Crippen molar-refractivity contribution >= 4 is 38.7 Å². The van der Waals surface area contributed by atoms with Crippen LogP contribution in [0.1, 0.15) is 10.4 Å². The molecule has 0 radical (unpaired) electrons. The van der Waals surface area contributed by atoms with E-state index in [-0.39, 0.29) is 5.75 Å². The van der Waals surface area contributed by atoms with Crippen molar-refractivity contribution in [1.82, 2.24) is 0 Å². The summed E-state index contributed by atoms with van der Waals surface area (Å²) in [6, 6.07) is 3.22. The van der Waals surface area contributed by atoms with E-state index in [1.807, 2.05) is 0 Å². The molecule has 2 N–H and O–H groups in total. The van der Waals surface area contributed by atoms with Gasteiger partial charge in [0.1, 0.15) is 5.75 Å². The van der Waals surface area contributed by atoms with Gasteiger partial charge in [-0.2, -0.15) is 17.2 Å². The number of rotatable bonds is 3. The van der Waals surface area contributed by atoms with Crippen molar-refractivity contribution in [2.24, 2.45) is 0 Å². The molecule has 134 valence electrons. The van der Waals surface area contributed by atoms with Crippen LogP contribution in [0.15, 0.2) is 23.1 Å². The molecule has 0 aliphatic carbocycles. The molecule has 0 atom stereocenters. The smallest absolute Gasteiger partial charge is 0.343 e. The average molecular weight is 492 g/mol. The molecule has 0 aliphatic heterocycles. The van der Waals surface area contributed by atoms with E-state index in [2.05, 4.69) is 4.74 Å². The van der Waals surface area contributed by atoms with Crippen LogP contribution in [-0.2, 0) is 10.1 Å². The van der Waals surface area contributed by atoms with Gasteiger partial charge in [0.05, 0.1) is 9.13 Å². The van der Waals surface area contributed by atoms with Crippen molar-refractivity contribution in [3.63, 3.8) is 0 Å². The second kappa shape index (κ2) is 6.76. The van der Waals surface area contributed by atoms with Crippen LogP contribution in [0.25, 0.3) is 0 Å². The maximum atomic E-state index is 13.8. The molecular formula is C13H5F4IO6S. The van der Waals surface area contributed by atoms with Crippen molar-refractivity contribution in [2.75, 3.05) is 0 Å². The summed E-state index contributed by atoms with van der Waals surface area (Å²) in [7, 11) is -5.62. The molecule has 12 heteroatoms. The number of carbonyl (C=O) groups excluding carboxylic acids is 1. The van der Waals surface area contributed by atoms with Gasteiger partial charge in [0.15, 0.2) is 16.5 Å². The molecule has 2 aromatic carbocycles. The van der Waals surface area contributed by atoms with Gasteiger partial charge in [-0.25, -0.2) is 13.6 Å². The van der Waals surface area contributed by atoms with Gasteiger partial charge in [-0.15, -0.1) is 0 Å². The number of carbonyl (C=O) groups is 1. The molecule has 2 rings (SSSR count). The zero-order chi connectivity index (χ0) is 19.1. The number of hydrogen-bond acceptors (Lipinski definition) is 5. The molecule has 0 spiro atoms. The van der Waals surface area contributed by atoms with Crippen LogP contribution in [0.2, 0.25) is 0 Å². The van der Waals surface area contributed by atoms with Gasteiger partial charge in [-0.1, -0.05) is 0 Å². The minimum atomic E-state index is -5.62. The molecule has 0 amide bonds. The van der Waals surface area contributed by atoms with Crippen molar-refractivity contribution in [3.8, 4) is 11.5 Å². The van der Waals surface area contributed by atoms with Gasteiger partial charge in [-0.05, 0) is 40.8 Å². The highest BCUT2D eigenvalue weighted by Crippen LogP contribution is 2.33. The van der Waals surface area contributed by atoms with E-state index >= 15 is 0 Å². The lowest BCUT2D eigenvalue weighted by molar-refractivity contribution is 0.0716. The Morgan fingerprint density at radius 1 is 1.04 bits per heavy atom. The van der Waals surface area contributed by atoms with Crippen LogP contribution in [0, 0.1) is 26.8 Å².